The first-order valence-electron chi connectivity index (χ1n) is 10.3. The van der Waals surface area contributed by atoms with Gasteiger partial charge < -0.3 is 10.0 Å². The highest BCUT2D eigenvalue weighted by molar-refractivity contribution is 5.79. The summed E-state index contributed by atoms with van der Waals surface area (Å²) in [5.41, 5.74) is -0.234. The summed E-state index contributed by atoms with van der Waals surface area (Å²) in [6, 6.07) is 7.01. The van der Waals surface area contributed by atoms with Crippen molar-refractivity contribution in [3.05, 3.63) is 53.9 Å². The van der Waals surface area contributed by atoms with Gasteiger partial charge in [0.1, 0.15) is 11.9 Å². The molecular weight excluding hydrogens is 392 g/mol. The fourth-order valence-electron chi connectivity index (χ4n) is 3.64. The van der Waals surface area contributed by atoms with Gasteiger partial charge in [0.05, 0.1) is 6.04 Å². The Hall–Kier alpha value is -2.68. The maximum Gasteiger partial charge on any atom is 0.302 e. The molecule has 1 aromatic heterocycles. The molecule has 1 saturated heterocycles. The van der Waals surface area contributed by atoms with Crippen LogP contribution in [0.5, 0.6) is 0 Å². The minimum absolute atomic E-state index is 0.0293. The zero-order chi connectivity index (χ0) is 21.4. The van der Waals surface area contributed by atoms with Crippen molar-refractivity contribution in [2.45, 2.75) is 63.0 Å². The Morgan fingerprint density at radius 3 is 2.73 bits per heavy atom. The Bertz CT molecular complexity index is 814. The number of amides is 1. The van der Waals surface area contributed by atoms with E-state index in [1.54, 1.807) is 17.0 Å². The quantitative estimate of drug-likeness (QED) is 0.431. The van der Waals surface area contributed by atoms with Gasteiger partial charge in [-0.1, -0.05) is 55.3 Å². The standard InChI is InChI=1S/C21H27F2N5O2/c22-21(23,16-8-4-3-5-9-16)18(29)13-11-17-12-14-20(30)28(17)15-7-2-1-6-10-19-24-26-27-25-19/h3-5,8-9,11,13,17-18,29H,1-2,6-7,10,12,14-15H2,(H,24,25,26,27)/b13-11+/t17-,18?/m0/s1. The van der Waals surface area contributed by atoms with Gasteiger partial charge in [-0.2, -0.15) is 8.78 Å². The third kappa shape index (κ3) is 5.69. The predicted octanol–water partition coefficient (Wildman–Crippen LogP) is 3.00. The molecule has 0 radical (unpaired) electrons. The van der Waals surface area contributed by atoms with Crippen LogP contribution in [0.4, 0.5) is 8.78 Å². The molecule has 1 amide bonds. The molecule has 2 heterocycles. The lowest BCUT2D eigenvalue weighted by Crippen LogP contribution is -2.34. The number of nitrogens with zero attached hydrogens (tertiary/aromatic N) is 4. The zero-order valence-corrected chi connectivity index (χ0v) is 16.8. The van der Waals surface area contributed by atoms with E-state index in [4.69, 9.17) is 0 Å². The summed E-state index contributed by atoms with van der Waals surface area (Å²) in [6.07, 6.45) is 6.23. The second-order valence-corrected chi connectivity index (χ2v) is 7.52. The average Bonchev–Trinajstić information content (AvgIpc) is 3.39. The van der Waals surface area contributed by atoms with Crippen LogP contribution in [0, 0.1) is 0 Å². The predicted molar refractivity (Wildman–Crippen MR) is 107 cm³/mol. The van der Waals surface area contributed by atoms with E-state index in [1.165, 1.54) is 24.3 Å². The van der Waals surface area contributed by atoms with Crippen LogP contribution in [0.2, 0.25) is 0 Å². The number of aromatic nitrogens is 4. The van der Waals surface area contributed by atoms with Crippen LogP contribution < -0.4 is 0 Å². The number of hydrogen-bond acceptors (Lipinski definition) is 5. The van der Waals surface area contributed by atoms with Crippen LogP contribution in [-0.2, 0) is 17.1 Å². The fraction of sp³-hybridized carbons (Fsp3) is 0.524. The van der Waals surface area contributed by atoms with Gasteiger partial charge in [0.25, 0.3) is 0 Å². The van der Waals surface area contributed by atoms with Gasteiger partial charge in [-0.05, 0) is 29.7 Å². The number of benzene rings is 1. The molecule has 1 aromatic carbocycles. The largest absolute Gasteiger partial charge is 0.382 e. The highest BCUT2D eigenvalue weighted by Gasteiger charge is 2.39. The molecule has 3 rings (SSSR count). The first-order chi connectivity index (χ1) is 14.5. The van der Waals surface area contributed by atoms with Gasteiger partial charge in [0.15, 0.2) is 0 Å². The molecule has 2 N–H and O–H groups in total. The number of H-pyrrole nitrogens is 1. The van der Waals surface area contributed by atoms with Crippen molar-refractivity contribution in [2.24, 2.45) is 0 Å². The van der Waals surface area contributed by atoms with Crippen LogP contribution >= 0.6 is 0 Å². The van der Waals surface area contributed by atoms with Crippen molar-refractivity contribution < 1.29 is 18.7 Å². The molecule has 0 aliphatic carbocycles. The molecule has 1 fully saturated rings. The minimum atomic E-state index is -3.38. The Morgan fingerprint density at radius 1 is 1.23 bits per heavy atom. The first-order valence-corrected chi connectivity index (χ1v) is 10.3. The molecule has 7 nitrogen and oxygen atoms in total. The molecule has 1 aliphatic rings. The molecule has 9 heteroatoms. The van der Waals surface area contributed by atoms with Gasteiger partial charge in [0.2, 0.25) is 5.91 Å². The smallest absolute Gasteiger partial charge is 0.302 e. The van der Waals surface area contributed by atoms with Crippen molar-refractivity contribution >= 4 is 5.91 Å². The molecule has 2 atom stereocenters. The number of tetrazole rings is 1. The zero-order valence-electron chi connectivity index (χ0n) is 16.8. The van der Waals surface area contributed by atoms with Crippen molar-refractivity contribution in [1.82, 2.24) is 25.5 Å². The Labute approximate surface area is 174 Å². The lowest BCUT2D eigenvalue weighted by molar-refractivity contribution is -0.128. The number of likely N-dealkylation sites (tertiary alicyclic amines) is 1. The number of aryl methyl sites for hydroxylation is 1. The summed E-state index contributed by atoms with van der Waals surface area (Å²) < 4.78 is 28.8. The highest BCUT2D eigenvalue weighted by Crippen LogP contribution is 2.32. The summed E-state index contributed by atoms with van der Waals surface area (Å²) in [4.78, 5) is 13.9. The van der Waals surface area contributed by atoms with E-state index in [1.807, 2.05) is 0 Å². The van der Waals surface area contributed by atoms with Gasteiger partial charge in [0, 0.05) is 24.9 Å². The van der Waals surface area contributed by atoms with E-state index in [0.717, 1.165) is 44.0 Å². The topological polar surface area (TPSA) is 95.0 Å². The van der Waals surface area contributed by atoms with Gasteiger partial charge in [-0.25, -0.2) is 5.10 Å². The van der Waals surface area contributed by atoms with Gasteiger partial charge in [-0.3, -0.25) is 4.79 Å². The van der Waals surface area contributed by atoms with Crippen LogP contribution in [0.1, 0.15) is 49.9 Å². The highest BCUT2D eigenvalue weighted by atomic mass is 19.3. The van der Waals surface area contributed by atoms with E-state index in [9.17, 15) is 18.7 Å². The molecule has 162 valence electrons. The number of unbranched alkanes of at least 4 members (excludes halogenated alkanes) is 3. The number of carbonyl (C=O) groups is 1. The third-order valence-electron chi connectivity index (χ3n) is 5.37. The summed E-state index contributed by atoms with van der Waals surface area (Å²) in [5.74, 6) is -2.59. The van der Waals surface area contributed by atoms with E-state index in [0.29, 0.717) is 19.4 Å². The normalized spacial score (nSPS) is 18.4. The summed E-state index contributed by atoms with van der Waals surface area (Å²) in [5, 5.41) is 23.7. The molecule has 30 heavy (non-hydrogen) atoms. The number of aromatic amines is 1. The molecule has 1 unspecified atom stereocenters. The number of alkyl halides is 2. The Balaban J connectivity index is 1.45. The summed E-state index contributed by atoms with van der Waals surface area (Å²) in [7, 11) is 0. The summed E-state index contributed by atoms with van der Waals surface area (Å²) >= 11 is 0. The molecule has 0 saturated carbocycles. The number of hydrogen-bond donors (Lipinski definition) is 2. The van der Waals surface area contributed by atoms with E-state index in [2.05, 4.69) is 20.6 Å². The average molecular weight is 419 g/mol. The minimum Gasteiger partial charge on any atom is -0.382 e. The van der Waals surface area contributed by atoms with E-state index < -0.39 is 12.0 Å². The molecular formula is C21H27F2N5O2. The number of carbonyl (C=O) groups excluding carboxylic acids is 1. The number of aliphatic hydroxyl groups excluding tert-OH is 1. The maximum atomic E-state index is 14.4. The van der Waals surface area contributed by atoms with Crippen molar-refractivity contribution in [3.63, 3.8) is 0 Å². The van der Waals surface area contributed by atoms with Crippen molar-refractivity contribution in [3.8, 4) is 0 Å². The second-order valence-electron chi connectivity index (χ2n) is 7.52. The van der Waals surface area contributed by atoms with Crippen LogP contribution in [0.25, 0.3) is 0 Å². The van der Waals surface area contributed by atoms with Crippen LogP contribution in [-0.4, -0.2) is 55.2 Å². The van der Waals surface area contributed by atoms with Gasteiger partial charge in [-0.15, -0.1) is 5.10 Å². The second kappa shape index (κ2) is 10.4. The molecule has 0 spiro atoms. The monoisotopic (exact) mass is 419 g/mol. The van der Waals surface area contributed by atoms with E-state index >= 15 is 0 Å². The number of nitrogens with one attached hydrogen (secondary N) is 1. The molecule has 2 aromatic rings. The van der Waals surface area contributed by atoms with Crippen LogP contribution in [0.3, 0.4) is 0 Å². The van der Waals surface area contributed by atoms with Gasteiger partial charge >= 0.3 is 5.92 Å². The molecule has 0 bridgehead atoms. The third-order valence-corrected chi connectivity index (χ3v) is 5.37. The number of aliphatic hydroxyl groups is 1. The lowest BCUT2D eigenvalue weighted by atomic mass is 10.0. The Kier molecular flexibility index (Phi) is 7.62. The van der Waals surface area contributed by atoms with Crippen molar-refractivity contribution in [2.75, 3.05) is 6.54 Å². The van der Waals surface area contributed by atoms with E-state index in [-0.39, 0.29) is 17.5 Å². The number of rotatable bonds is 11. The van der Waals surface area contributed by atoms with Crippen LogP contribution in [0.15, 0.2) is 42.5 Å². The maximum absolute atomic E-state index is 14.4. The fourth-order valence-corrected chi connectivity index (χ4v) is 3.64. The Morgan fingerprint density at radius 2 is 2.00 bits per heavy atom. The lowest BCUT2D eigenvalue weighted by Gasteiger charge is -2.24. The van der Waals surface area contributed by atoms with Crippen molar-refractivity contribution in [1.29, 1.82) is 0 Å². The summed E-state index contributed by atoms with van der Waals surface area (Å²) in [6.45, 7) is 0.586. The first kappa shape index (κ1) is 22.0. The molecule has 1 aliphatic heterocycles. The number of halogens is 2. The SMILES string of the molecule is O=C1CC[C@H](/C=C/C(O)C(F)(F)c2ccccc2)N1CCCCCCc1nnn[nH]1.